The van der Waals surface area contributed by atoms with Gasteiger partial charge < -0.3 is 4.42 Å². The maximum atomic E-state index is 12.1. The molecular weight excluding hydrogens is 278 g/mol. The molecule has 1 fully saturated rings. The predicted octanol–water partition coefficient (Wildman–Crippen LogP) is 1.48. The molecule has 2 rings (SSSR count). The van der Waals surface area contributed by atoms with E-state index in [1.54, 1.807) is 17.4 Å². The van der Waals surface area contributed by atoms with Crippen LogP contribution in [0.5, 0.6) is 0 Å². The van der Waals surface area contributed by atoms with Crippen molar-refractivity contribution in [2.24, 2.45) is 5.92 Å². The Morgan fingerprint density at radius 3 is 2.70 bits per heavy atom. The summed E-state index contributed by atoms with van der Waals surface area (Å²) in [5, 5.41) is 0. The molecule has 6 nitrogen and oxygen atoms in total. The smallest absolute Gasteiger partial charge is 0.279 e. The van der Waals surface area contributed by atoms with Gasteiger partial charge in [0.1, 0.15) is 5.76 Å². The first-order chi connectivity index (χ1) is 9.51. The third kappa shape index (κ3) is 4.04. The van der Waals surface area contributed by atoms with E-state index < -0.39 is 10.2 Å². The molecule has 0 atom stereocenters. The van der Waals surface area contributed by atoms with Crippen molar-refractivity contribution in [3.63, 3.8) is 0 Å². The zero-order valence-electron chi connectivity index (χ0n) is 12.1. The zero-order valence-corrected chi connectivity index (χ0v) is 12.9. The minimum absolute atomic E-state index is 0.338. The molecule has 0 bridgehead atoms. The number of aromatic nitrogens is 1. The molecule has 1 aromatic rings. The van der Waals surface area contributed by atoms with E-state index in [0.717, 1.165) is 19.3 Å². The average Bonchev–Trinajstić information content (AvgIpc) is 2.84. The molecule has 0 radical (unpaired) electrons. The fourth-order valence-electron chi connectivity index (χ4n) is 2.47. The first kappa shape index (κ1) is 15.5. The van der Waals surface area contributed by atoms with Crippen LogP contribution in [0.25, 0.3) is 0 Å². The second-order valence-corrected chi connectivity index (χ2v) is 7.00. The summed E-state index contributed by atoms with van der Waals surface area (Å²) in [4.78, 5) is 3.98. The van der Waals surface area contributed by atoms with E-state index >= 15 is 0 Å². The molecule has 0 spiro atoms. The first-order valence-electron chi connectivity index (χ1n) is 7.17. The number of piperidine rings is 1. The Labute approximate surface area is 120 Å². The standard InChI is InChI=1S/C13H23N3O3S/c1-3-12-5-8-16(9-6-12)20(17,18)15-7-4-13-10-14-11(2)19-13/h10,12,15H,3-9H2,1-2H3. The van der Waals surface area contributed by atoms with Gasteiger partial charge in [-0.3, -0.25) is 0 Å². The highest BCUT2D eigenvalue weighted by atomic mass is 32.2. The highest BCUT2D eigenvalue weighted by Gasteiger charge is 2.26. The molecule has 0 aliphatic carbocycles. The van der Waals surface area contributed by atoms with E-state index in [1.807, 2.05) is 0 Å². The molecule has 0 aromatic carbocycles. The Kier molecular flexibility index (Phi) is 5.17. The molecule has 1 aromatic heterocycles. The van der Waals surface area contributed by atoms with Crippen molar-refractivity contribution in [3.8, 4) is 0 Å². The zero-order chi connectivity index (χ0) is 14.6. The molecule has 1 aliphatic heterocycles. The van der Waals surface area contributed by atoms with Gasteiger partial charge in [0.25, 0.3) is 10.2 Å². The van der Waals surface area contributed by atoms with Crippen LogP contribution < -0.4 is 4.72 Å². The van der Waals surface area contributed by atoms with E-state index in [2.05, 4.69) is 16.6 Å². The summed E-state index contributed by atoms with van der Waals surface area (Å²) in [7, 11) is -3.36. The summed E-state index contributed by atoms with van der Waals surface area (Å²) < 4.78 is 33.8. The van der Waals surface area contributed by atoms with Gasteiger partial charge in [0.05, 0.1) is 6.20 Å². The Hall–Kier alpha value is -0.920. The maximum absolute atomic E-state index is 12.1. The number of aryl methyl sites for hydroxylation is 1. The van der Waals surface area contributed by atoms with Gasteiger partial charge >= 0.3 is 0 Å². The summed E-state index contributed by atoms with van der Waals surface area (Å²) in [6.07, 6.45) is 5.20. The van der Waals surface area contributed by atoms with Crippen LogP contribution in [0, 0.1) is 12.8 Å². The number of nitrogens with zero attached hydrogens (tertiary/aromatic N) is 2. The Bertz CT molecular complexity index is 519. The quantitative estimate of drug-likeness (QED) is 0.863. The first-order valence-corrected chi connectivity index (χ1v) is 8.61. The van der Waals surface area contributed by atoms with E-state index in [0.29, 0.717) is 43.6 Å². The van der Waals surface area contributed by atoms with Gasteiger partial charge in [0.2, 0.25) is 0 Å². The molecule has 2 heterocycles. The van der Waals surface area contributed by atoms with Gasteiger partial charge in [0, 0.05) is 33.0 Å². The minimum Gasteiger partial charge on any atom is -0.446 e. The van der Waals surface area contributed by atoms with E-state index in [4.69, 9.17) is 4.42 Å². The summed E-state index contributed by atoms with van der Waals surface area (Å²) in [5.41, 5.74) is 0. The fraction of sp³-hybridized carbons (Fsp3) is 0.769. The van der Waals surface area contributed by atoms with Crippen molar-refractivity contribution in [1.29, 1.82) is 0 Å². The minimum atomic E-state index is -3.36. The summed E-state index contributed by atoms with van der Waals surface area (Å²) in [6.45, 7) is 5.51. The number of hydrogen-bond donors (Lipinski definition) is 1. The number of hydrogen-bond acceptors (Lipinski definition) is 4. The van der Waals surface area contributed by atoms with Crippen LogP contribution in [-0.4, -0.2) is 37.3 Å². The molecule has 114 valence electrons. The monoisotopic (exact) mass is 301 g/mol. The lowest BCUT2D eigenvalue weighted by Gasteiger charge is -2.30. The number of oxazole rings is 1. The van der Waals surface area contributed by atoms with Gasteiger partial charge in [-0.05, 0) is 18.8 Å². The van der Waals surface area contributed by atoms with Crippen molar-refractivity contribution >= 4 is 10.2 Å². The molecule has 1 saturated heterocycles. The normalized spacial score (nSPS) is 18.5. The van der Waals surface area contributed by atoms with Crippen molar-refractivity contribution < 1.29 is 12.8 Å². The maximum Gasteiger partial charge on any atom is 0.279 e. The molecular formula is C13H23N3O3S. The van der Waals surface area contributed by atoms with E-state index in [9.17, 15) is 8.42 Å². The largest absolute Gasteiger partial charge is 0.446 e. The molecule has 1 N–H and O–H groups in total. The van der Waals surface area contributed by atoms with Crippen LogP contribution in [0.3, 0.4) is 0 Å². The third-order valence-corrected chi connectivity index (χ3v) is 5.43. The van der Waals surface area contributed by atoms with Crippen molar-refractivity contribution in [2.75, 3.05) is 19.6 Å². The number of nitrogens with one attached hydrogen (secondary N) is 1. The molecule has 0 saturated carbocycles. The van der Waals surface area contributed by atoms with Crippen LogP contribution >= 0.6 is 0 Å². The molecule has 1 aliphatic rings. The average molecular weight is 301 g/mol. The molecule has 20 heavy (non-hydrogen) atoms. The highest BCUT2D eigenvalue weighted by molar-refractivity contribution is 7.87. The van der Waals surface area contributed by atoms with Crippen LogP contribution in [0.2, 0.25) is 0 Å². The van der Waals surface area contributed by atoms with Gasteiger partial charge in [0.15, 0.2) is 5.89 Å². The second-order valence-electron chi connectivity index (χ2n) is 5.25. The van der Waals surface area contributed by atoms with Crippen LogP contribution in [0.15, 0.2) is 10.6 Å². The van der Waals surface area contributed by atoms with Crippen LogP contribution in [0.1, 0.15) is 37.8 Å². The van der Waals surface area contributed by atoms with Crippen molar-refractivity contribution in [1.82, 2.24) is 14.0 Å². The van der Waals surface area contributed by atoms with Gasteiger partial charge in [-0.1, -0.05) is 13.3 Å². The van der Waals surface area contributed by atoms with E-state index in [-0.39, 0.29) is 0 Å². The lowest BCUT2D eigenvalue weighted by molar-refractivity contribution is 0.266. The fourth-order valence-corrected chi connectivity index (χ4v) is 3.71. The third-order valence-electron chi connectivity index (χ3n) is 3.82. The van der Waals surface area contributed by atoms with Gasteiger partial charge in [-0.25, -0.2) is 9.71 Å². The lowest BCUT2D eigenvalue weighted by Crippen LogP contribution is -2.45. The van der Waals surface area contributed by atoms with Gasteiger partial charge in [-0.2, -0.15) is 12.7 Å². The molecule has 0 unspecified atom stereocenters. The van der Waals surface area contributed by atoms with Crippen molar-refractivity contribution in [2.45, 2.75) is 39.5 Å². The summed E-state index contributed by atoms with van der Waals surface area (Å²) >= 11 is 0. The highest BCUT2D eigenvalue weighted by Crippen LogP contribution is 2.21. The van der Waals surface area contributed by atoms with E-state index in [1.165, 1.54) is 0 Å². The summed E-state index contributed by atoms with van der Waals surface area (Å²) in [6, 6.07) is 0. The van der Waals surface area contributed by atoms with Crippen molar-refractivity contribution in [3.05, 3.63) is 17.8 Å². The van der Waals surface area contributed by atoms with Crippen LogP contribution in [-0.2, 0) is 16.6 Å². The second kappa shape index (κ2) is 6.69. The number of rotatable bonds is 6. The Balaban J connectivity index is 1.79. The van der Waals surface area contributed by atoms with Crippen LogP contribution in [0.4, 0.5) is 0 Å². The summed E-state index contributed by atoms with van der Waals surface area (Å²) in [5.74, 6) is 1.97. The van der Waals surface area contributed by atoms with Gasteiger partial charge in [-0.15, -0.1) is 0 Å². The lowest BCUT2D eigenvalue weighted by atomic mass is 9.96. The molecule has 0 amide bonds. The predicted molar refractivity (Wildman–Crippen MR) is 76.5 cm³/mol. The topological polar surface area (TPSA) is 75.4 Å². The SMILES string of the molecule is CCC1CCN(S(=O)(=O)NCCc2cnc(C)o2)CC1. The molecule has 7 heteroatoms. The Morgan fingerprint density at radius 1 is 1.45 bits per heavy atom. The Morgan fingerprint density at radius 2 is 2.15 bits per heavy atom.